The first-order valence-electron chi connectivity index (χ1n) is 8.78. The monoisotopic (exact) mass is 353 g/mol. The molecule has 6 nitrogen and oxygen atoms in total. The quantitative estimate of drug-likeness (QED) is 0.866. The molecule has 2 amide bonds. The summed E-state index contributed by atoms with van der Waals surface area (Å²) < 4.78 is 0. The second-order valence-electron chi connectivity index (χ2n) is 6.73. The molecule has 0 bridgehead atoms. The third-order valence-electron chi connectivity index (χ3n) is 5.09. The fourth-order valence-corrected chi connectivity index (χ4v) is 3.56. The number of likely N-dealkylation sites (tertiary alicyclic amines) is 1. The zero-order valence-corrected chi connectivity index (χ0v) is 14.6. The van der Waals surface area contributed by atoms with Crippen molar-refractivity contribution in [3.8, 4) is 0 Å². The van der Waals surface area contributed by atoms with Gasteiger partial charge in [-0.2, -0.15) is 0 Å². The predicted molar refractivity (Wildman–Crippen MR) is 97.7 cm³/mol. The van der Waals surface area contributed by atoms with E-state index >= 15 is 0 Å². The number of aromatic nitrogens is 1. The number of carbonyl (C=O) groups excluding carboxylic acids is 1. The molecule has 0 saturated carbocycles. The molecule has 0 radical (unpaired) electrons. The largest absolute Gasteiger partial charge is 0.465 e. The molecule has 1 aromatic carbocycles. The molecule has 2 heterocycles. The summed E-state index contributed by atoms with van der Waals surface area (Å²) in [5, 5.41) is 12.2. The van der Waals surface area contributed by atoms with Crippen LogP contribution in [-0.4, -0.2) is 40.1 Å². The molecule has 1 saturated heterocycles. The Hall–Kier alpha value is -2.89. The third-order valence-corrected chi connectivity index (χ3v) is 5.09. The maximum Gasteiger partial charge on any atom is 0.407 e. The molecule has 136 valence electrons. The highest BCUT2D eigenvalue weighted by atomic mass is 16.4. The molecule has 0 unspecified atom stereocenters. The zero-order valence-electron chi connectivity index (χ0n) is 14.6. The number of amides is 2. The Bertz CT molecular complexity index is 741. The summed E-state index contributed by atoms with van der Waals surface area (Å²) in [5.41, 5.74) is 1.73. The molecule has 2 aromatic rings. The lowest BCUT2D eigenvalue weighted by molar-refractivity contribution is -0.123. The van der Waals surface area contributed by atoms with Crippen LogP contribution in [0.3, 0.4) is 0 Å². The van der Waals surface area contributed by atoms with E-state index in [4.69, 9.17) is 0 Å². The van der Waals surface area contributed by atoms with Gasteiger partial charge in [-0.05, 0) is 30.0 Å². The van der Waals surface area contributed by atoms with E-state index < -0.39 is 6.09 Å². The Kier molecular flexibility index (Phi) is 5.51. The molecule has 6 heteroatoms. The van der Waals surface area contributed by atoms with Gasteiger partial charge in [0, 0.05) is 43.9 Å². The van der Waals surface area contributed by atoms with E-state index in [2.05, 4.69) is 10.3 Å². The predicted octanol–water partition coefficient (Wildman–Crippen LogP) is 2.80. The lowest BCUT2D eigenvalue weighted by Gasteiger charge is -2.41. The van der Waals surface area contributed by atoms with Crippen LogP contribution in [0.4, 0.5) is 4.79 Å². The molecular formula is C20H23N3O3. The van der Waals surface area contributed by atoms with Crippen molar-refractivity contribution in [3.05, 3.63) is 66.0 Å². The molecule has 3 rings (SSSR count). The van der Waals surface area contributed by atoms with Gasteiger partial charge in [0.15, 0.2) is 0 Å². The van der Waals surface area contributed by atoms with Gasteiger partial charge >= 0.3 is 6.09 Å². The molecular weight excluding hydrogens is 330 g/mol. The van der Waals surface area contributed by atoms with Gasteiger partial charge < -0.3 is 15.3 Å². The highest BCUT2D eigenvalue weighted by Gasteiger charge is 2.39. The Labute approximate surface area is 152 Å². The van der Waals surface area contributed by atoms with E-state index in [0.717, 1.165) is 11.1 Å². The number of rotatable bonds is 5. The first-order valence-corrected chi connectivity index (χ1v) is 8.78. The van der Waals surface area contributed by atoms with Crippen molar-refractivity contribution >= 4 is 12.0 Å². The van der Waals surface area contributed by atoms with Crippen LogP contribution < -0.4 is 5.32 Å². The normalized spacial score (nSPS) is 16.1. The molecule has 26 heavy (non-hydrogen) atoms. The topological polar surface area (TPSA) is 82.5 Å². The summed E-state index contributed by atoms with van der Waals surface area (Å²) in [4.78, 5) is 29.3. The van der Waals surface area contributed by atoms with Gasteiger partial charge in [0.2, 0.25) is 5.91 Å². The first-order chi connectivity index (χ1) is 12.6. The molecule has 0 aliphatic carbocycles. The first kappa shape index (κ1) is 17.9. The van der Waals surface area contributed by atoms with Gasteiger partial charge in [0.1, 0.15) is 0 Å². The van der Waals surface area contributed by atoms with Crippen LogP contribution in [0.15, 0.2) is 54.9 Å². The second-order valence-corrected chi connectivity index (χ2v) is 6.73. The molecule has 1 aliphatic rings. The summed E-state index contributed by atoms with van der Waals surface area (Å²) >= 11 is 0. The minimum Gasteiger partial charge on any atom is -0.465 e. The Morgan fingerprint density at radius 1 is 1.12 bits per heavy atom. The van der Waals surface area contributed by atoms with Crippen LogP contribution in [0, 0.1) is 0 Å². The zero-order chi connectivity index (χ0) is 18.4. The summed E-state index contributed by atoms with van der Waals surface area (Å²) in [7, 11) is 0. The minimum absolute atomic E-state index is 0.0264. The van der Waals surface area contributed by atoms with E-state index in [9.17, 15) is 14.7 Å². The highest BCUT2D eigenvalue weighted by molar-refractivity contribution is 5.77. The van der Waals surface area contributed by atoms with Gasteiger partial charge in [-0.3, -0.25) is 9.78 Å². The molecule has 2 N–H and O–H groups in total. The molecule has 0 spiro atoms. The third kappa shape index (κ3) is 4.20. The van der Waals surface area contributed by atoms with Gasteiger partial charge in [0.25, 0.3) is 0 Å². The number of carbonyl (C=O) groups is 2. The van der Waals surface area contributed by atoms with Gasteiger partial charge in [-0.15, -0.1) is 0 Å². The van der Waals surface area contributed by atoms with E-state index in [1.54, 1.807) is 12.4 Å². The van der Waals surface area contributed by atoms with Gasteiger partial charge in [-0.25, -0.2) is 4.79 Å². The smallest absolute Gasteiger partial charge is 0.407 e. The summed E-state index contributed by atoms with van der Waals surface area (Å²) in [6.45, 7) is 1.33. The van der Waals surface area contributed by atoms with Crippen molar-refractivity contribution in [1.82, 2.24) is 15.2 Å². The number of hydrogen-bond donors (Lipinski definition) is 2. The molecule has 0 atom stereocenters. The van der Waals surface area contributed by atoms with Crippen molar-refractivity contribution in [2.75, 3.05) is 13.1 Å². The lowest BCUT2D eigenvalue weighted by Crippen LogP contribution is -2.46. The minimum atomic E-state index is -0.896. The van der Waals surface area contributed by atoms with Crippen molar-refractivity contribution in [2.24, 2.45) is 0 Å². The average molecular weight is 353 g/mol. The number of benzene rings is 1. The van der Waals surface area contributed by atoms with Crippen LogP contribution in [0.25, 0.3) is 0 Å². The van der Waals surface area contributed by atoms with Gasteiger partial charge in [-0.1, -0.05) is 36.4 Å². The standard InChI is InChI=1S/C20H23N3O3/c24-18(22-15-16-5-4-10-21-14-16)13-20(17-6-2-1-3-7-17)8-11-23(12-9-20)19(25)26/h1-7,10,14H,8-9,11-13,15H2,(H,22,24)(H,25,26). The van der Waals surface area contributed by atoms with Crippen LogP contribution in [0.5, 0.6) is 0 Å². The van der Waals surface area contributed by atoms with Crippen LogP contribution in [0.2, 0.25) is 0 Å². The van der Waals surface area contributed by atoms with E-state index in [1.165, 1.54) is 4.90 Å². The number of nitrogens with zero attached hydrogens (tertiary/aromatic N) is 2. The van der Waals surface area contributed by atoms with E-state index in [-0.39, 0.29) is 11.3 Å². The summed E-state index contributed by atoms with van der Waals surface area (Å²) in [6, 6.07) is 13.7. The summed E-state index contributed by atoms with van der Waals surface area (Å²) in [5.74, 6) is -0.0264. The number of pyridine rings is 1. The van der Waals surface area contributed by atoms with Crippen LogP contribution in [0.1, 0.15) is 30.4 Å². The van der Waals surface area contributed by atoms with Crippen molar-refractivity contribution in [2.45, 2.75) is 31.2 Å². The van der Waals surface area contributed by atoms with E-state index in [0.29, 0.717) is 38.9 Å². The maximum absolute atomic E-state index is 12.6. The van der Waals surface area contributed by atoms with Gasteiger partial charge in [0.05, 0.1) is 0 Å². The average Bonchev–Trinajstić information content (AvgIpc) is 2.68. The number of piperidine rings is 1. The second kappa shape index (κ2) is 7.99. The molecule has 1 aliphatic heterocycles. The molecule has 1 fully saturated rings. The maximum atomic E-state index is 12.6. The van der Waals surface area contributed by atoms with Crippen LogP contribution in [-0.2, 0) is 16.8 Å². The molecule has 1 aromatic heterocycles. The SMILES string of the molecule is O=C(CC1(c2ccccc2)CCN(C(=O)O)CC1)NCc1cccnc1. The number of nitrogens with one attached hydrogen (secondary N) is 1. The van der Waals surface area contributed by atoms with Crippen molar-refractivity contribution in [3.63, 3.8) is 0 Å². The van der Waals surface area contributed by atoms with Crippen LogP contribution >= 0.6 is 0 Å². The Balaban J connectivity index is 1.70. The highest BCUT2D eigenvalue weighted by Crippen LogP contribution is 2.38. The number of hydrogen-bond acceptors (Lipinski definition) is 3. The number of carboxylic acid groups (broad SMARTS) is 1. The lowest BCUT2D eigenvalue weighted by atomic mass is 9.70. The van der Waals surface area contributed by atoms with E-state index in [1.807, 2.05) is 42.5 Å². The van der Waals surface area contributed by atoms with Crippen molar-refractivity contribution < 1.29 is 14.7 Å². The summed E-state index contributed by atoms with van der Waals surface area (Å²) in [6.07, 6.45) is 4.18. The fraction of sp³-hybridized carbons (Fsp3) is 0.350. The Morgan fingerprint density at radius 3 is 2.46 bits per heavy atom. The van der Waals surface area contributed by atoms with Crippen molar-refractivity contribution in [1.29, 1.82) is 0 Å². The fourth-order valence-electron chi connectivity index (χ4n) is 3.56. The Morgan fingerprint density at radius 2 is 1.85 bits per heavy atom.